The smallest absolute Gasteiger partial charge is 0.307 e. The zero-order valence-electron chi connectivity index (χ0n) is 9.77. The van der Waals surface area contributed by atoms with Crippen molar-refractivity contribution in [3.8, 4) is 0 Å². The van der Waals surface area contributed by atoms with E-state index < -0.39 is 0 Å². The van der Waals surface area contributed by atoms with E-state index in [1.165, 1.54) is 5.56 Å². The molecule has 0 aromatic heterocycles. The SMILES string of the molecule is CCOC(=O)CCN(N)c1ccc(C)cc1. The molecule has 0 unspecified atom stereocenters. The van der Waals surface area contributed by atoms with E-state index in [4.69, 9.17) is 10.6 Å². The van der Waals surface area contributed by atoms with Crippen molar-refractivity contribution >= 4 is 11.7 Å². The number of carbonyl (C=O) groups is 1. The summed E-state index contributed by atoms with van der Waals surface area (Å²) >= 11 is 0. The van der Waals surface area contributed by atoms with Gasteiger partial charge in [-0.1, -0.05) is 17.7 Å². The average molecular weight is 222 g/mol. The molecule has 1 aromatic rings. The van der Waals surface area contributed by atoms with E-state index in [0.29, 0.717) is 19.6 Å². The molecular formula is C12H18N2O2. The summed E-state index contributed by atoms with van der Waals surface area (Å²) < 4.78 is 4.83. The largest absolute Gasteiger partial charge is 0.466 e. The first-order valence-corrected chi connectivity index (χ1v) is 5.38. The Morgan fingerprint density at radius 3 is 2.56 bits per heavy atom. The second kappa shape index (κ2) is 6.12. The quantitative estimate of drug-likeness (QED) is 0.467. The predicted molar refractivity (Wildman–Crippen MR) is 64.0 cm³/mol. The molecule has 0 aliphatic rings. The summed E-state index contributed by atoms with van der Waals surface area (Å²) in [6.45, 7) is 4.68. The van der Waals surface area contributed by atoms with Crippen LogP contribution in [0.3, 0.4) is 0 Å². The van der Waals surface area contributed by atoms with Crippen LogP contribution < -0.4 is 10.9 Å². The highest BCUT2D eigenvalue weighted by molar-refractivity contribution is 5.70. The van der Waals surface area contributed by atoms with Gasteiger partial charge in [-0.15, -0.1) is 0 Å². The van der Waals surface area contributed by atoms with E-state index in [0.717, 1.165) is 5.69 Å². The first kappa shape index (κ1) is 12.5. The molecule has 4 nitrogen and oxygen atoms in total. The van der Waals surface area contributed by atoms with Crippen LogP contribution in [0, 0.1) is 6.92 Å². The second-order valence-corrected chi connectivity index (χ2v) is 3.58. The Bertz CT molecular complexity index is 335. The van der Waals surface area contributed by atoms with E-state index in [1.54, 1.807) is 11.9 Å². The zero-order chi connectivity index (χ0) is 12.0. The van der Waals surface area contributed by atoms with Crippen LogP contribution in [0.5, 0.6) is 0 Å². The predicted octanol–water partition coefficient (Wildman–Crippen LogP) is 1.63. The second-order valence-electron chi connectivity index (χ2n) is 3.58. The van der Waals surface area contributed by atoms with Crippen molar-refractivity contribution in [3.05, 3.63) is 29.8 Å². The molecule has 0 heterocycles. The van der Waals surface area contributed by atoms with Crippen LogP contribution in [0.1, 0.15) is 18.9 Å². The van der Waals surface area contributed by atoms with Gasteiger partial charge in [-0.2, -0.15) is 0 Å². The maximum absolute atomic E-state index is 11.1. The van der Waals surface area contributed by atoms with Gasteiger partial charge in [-0.05, 0) is 26.0 Å². The van der Waals surface area contributed by atoms with Crippen molar-refractivity contribution in [2.75, 3.05) is 18.2 Å². The molecule has 0 bridgehead atoms. The third-order valence-corrected chi connectivity index (χ3v) is 2.23. The molecule has 0 spiro atoms. The molecular weight excluding hydrogens is 204 g/mol. The van der Waals surface area contributed by atoms with E-state index >= 15 is 0 Å². The molecule has 0 fully saturated rings. The summed E-state index contributed by atoms with van der Waals surface area (Å²) in [6, 6.07) is 7.83. The summed E-state index contributed by atoms with van der Waals surface area (Å²) in [5.41, 5.74) is 2.08. The lowest BCUT2D eigenvalue weighted by Crippen LogP contribution is -2.33. The number of benzene rings is 1. The third-order valence-electron chi connectivity index (χ3n) is 2.23. The van der Waals surface area contributed by atoms with Gasteiger partial charge in [-0.3, -0.25) is 4.79 Å². The van der Waals surface area contributed by atoms with Crippen molar-refractivity contribution in [2.24, 2.45) is 5.84 Å². The molecule has 88 valence electrons. The Morgan fingerprint density at radius 1 is 1.38 bits per heavy atom. The number of hydrazine groups is 1. The lowest BCUT2D eigenvalue weighted by atomic mass is 10.2. The Hall–Kier alpha value is -1.55. The topological polar surface area (TPSA) is 55.6 Å². The van der Waals surface area contributed by atoms with Crippen molar-refractivity contribution in [1.29, 1.82) is 0 Å². The van der Waals surface area contributed by atoms with Gasteiger partial charge >= 0.3 is 5.97 Å². The molecule has 0 saturated carbocycles. The van der Waals surface area contributed by atoms with Gasteiger partial charge in [0.25, 0.3) is 0 Å². The van der Waals surface area contributed by atoms with Gasteiger partial charge in [0, 0.05) is 6.54 Å². The molecule has 1 rings (SSSR count). The molecule has 0 aliphatic carbocycles. The van der Waals surface area contributed by atoms with Gasteiger partial charge in [-0.25, -0.2) is 5.84 Å². The van der Waals surface area contributed by atoms with Gasteiger partial charge < -0.3 is 9.75 Å². The van der Waals surface area contributed by atoms with Crippen LogP contribution >= 0.6 is 0 Å². The van der Waals surface area contributed by atoms with Gasteiger partial charge in [0.1, 0.15) is 0 Å². The number of aryl methyl sites for hydroxylation is 1. The minimum absolute atomic E-state index is 0.218. The van der Waals surface area contributed by atoms with E-state index in [2.05, 4.69) is 0 Å². The minimum atomic E-state index is -0.218. The normalized spacial score (nSPS) is 9.94. The van der Waals surface area contributed by atoms with Crippen molar-refractivity contribution in [2.45, 2.75) is 20.3 Å². The maximum atomic E-state index is 11.1. The van der Waals surface area contributed by atoms with Crippen LogP contribution in [0.25, 0.3) is 0 Å². The highest BCUT2D eigenvalue weighted by atomic mass is 16.5. The fraction of sp³-hybridized carbons (Fsp3) is 0.417. The molecule has 16 heavy (non-hydrogen) atoms. The number of nitrogens with two attached hydrogens (primary N) is 1. The number of hydrogen-bond donors (Lipinski definition) is 1. The van der Waals surface area contributed by atoms with Crippen molar-refractivity contribution < 1.29 is 9.53 Å². The van der Waals surface area contributed by atoms with Crippen LogP contribution in [0.15, 0.2) is 24.3 Å². The Balaban J connectivity index is 2.43. The number of esters is 1. The molecule has 0 atom stereocenters. The molecule has 4 heteroatoms. The van der Waals surface area contributed by atoms with Gasteiger partial charge in [0.05, 0.1) is 18.7 Å². The fourth-order valence-corrected chi connectivity index (χ4v) is 1.31. The number of anilines is 1. The van der Waals surface area contributed by atoms with E-state index in [-0.39, 0.29) is 5.97 Å². The van der Waals surface area contributed by atoms with Gasteiger partial charge in [0.15, 0.2) is 0 Å². The summed E-state index contributed by atoms with van der Waals surface area (Å²) in [5.74, 6) is 5.60. The molecule has 1 aromatic carbocycles. The van der Waals surface area contributed by atoms with Crippen LogP contribution in [-0.4, -0.2) is 19.1 Å². The lowest BCUT2D eigenvalue weighted by molar-refractivity contribution is -0.142. The van der Waals surface area contributed by atoms with Crippen molar-refractivity contribution in [1.82, 2.24) is 0 Å². The summed E-state index contributed by atoms with van der Waals surface area (Å²) in [5, 5.41) is 1.55. The summed E-state index contributed by atoms with van der Waals surface area (Å²) in [7, 11) is 0. The first-order valence-electron chi connectivity index (χ1n) is 5.38. The molecule has 0 radical (unpaired) electrons. The van der Waals surface area contributed by atoms with E-state index in [1.807, 2.05) is 31.2 Å². The monoisotopic (exact) mass is 222 g/mol. The highest BCUT2D eigenvalue weighted by Gasteiger charge is 2.06. The number of ether oxygens (including phenoxy) is 1. The minimum Gasteiger partial charge on any atom is -0.466 e. The number of carbonyl (C=O) groups excluding carboxylic acids is 1. The zero-order valence-corrected chi connectivity index (χ0v) is 9.77. The Kier molecular flexibility index (Phi) is 4.79. The number of rotatable bonds is 5. The van der Waals surface area contributed by atoms with Crippen LogP contribution in [0.4, 0.5) is 5.69 Å². The van der Waals surface area contributed by atoms with E-state index in [9.17, 15) is 4.79 Å². The molecule has 0 aliphatic heterocycles. The number of nitrogens with zero attached hydrogens (tertiary/aromatic N) is 1. The molecule has 0 saturated heterocycles. The standard InChI is InChI=1S/C12H18N2O2/c1-3-16-12(15)8-9-14(13)11-6-4-10(2)5-7-11/h4-7H,3,8-9,13H2,1-2H3. The Morgan fingerprint density at radius 2 is 2.00 bits per heavy atom. The summed E-state index contributed by atoms with van der Waals surface area (Å²) in [6.07, 6.45) is 0.304. The first-order chi connectivity index (χ1) is 7.63. The molecule has 0 amide bonds. The number of hydrogen-bond acceptors (Lipinski definition) is 4. The Labute approximate surface area is 96.0 Å². The van der Waals surface area contributed by atoms with Crippen LogP contribution in [0.2, 0.25) is 0 Å². The summed E-state index contributed by atoms with van der Waals surface area (Å²) in [4.78, 5) is 11.1. The highest BCUT2D eigenvalue weighted by Crippen LogP contribution is 2.12. The lowest BCUT2D eigenvalue weighted by Gasteiger charge is -2.18. The average Bonchev–Trinajstić information content (AvgIpc) is 2.27. The fourth-order valence-electron chi connectivity index (χ4n) is 1.31. The molecule has 2 N–H and O–H groups in total. The van der Waals surface area contributed by atoms with Crippen molar-refractivity contribution in [3.63, 3.8) is 0 Å². The van der Waals surface area contributed by atoms with Crippen LogP contribution in [-0.2, 0) is 9.53 Å². The van der Waals surface area contributed by atoms with Gasteiger partial charge in [0.2, 0.25) is 0 Å². The third kappa shape index (κ3) is 3.90. The maximum Gasteiger partial charge on any atom is 0.307 e.